The Morgan fingerprint density at radius 1 is 1.21 bits per heavy atom. The fraction of sp³-hybridized carbons (Fsp3) is 0.364. The van der Waals surface area contributed by atoms with E-state index in [0.717, 1.165) is 35.2 Å². The van der Waals surface area contributed by atoms with Crippen molar-refractivity contribution in [3.63, 3.8) is 0 Å². The van der Waals surface area contributed by atoms with Crippen molar-refractivity contribution in [2.24, 2.45) is 0 Å². The Balaban J connectivity index is 1.94. The molecule has 0 saturated carbocycles. The molecule has 0 aliphatic carbocycles. The van der Waals surface area contributed by atoms with Crippen LogP contribution in [0.15, 0.2) is 46.9 Å². The Bertz CT molecular complexity index is 845. The van der Waals surface area contributed by atoms with Crippen LogP contribution in [0.25, 0.3) is 0 Å². The Hall–Kier alpha value is -2.12. The van der Waals surface area contributed by atoms with Gasteiger partial charge in [-0.3, -0.25) is 10.1 Å². The number of thiocarbonyl (C=S) groups is 1. The molecule has 0 bridgehead atoms. The molecule has 0 aliphatic rings. The minimum absolute atomic E-state index is 0.129. The highest BCUT2D eigenvalue weighted by molar-refractivity contribution is 9.10. The van der Waals surface area contributed by atoms with Crippen molar-refractivity contribution >= 4 is 44.9 Å². The zero-order valence-corrected chi connectivity index (χ0v) is 19.4. The van der Waals surface area contributed by atoms with Crippen LogP contribution in [0.5, 0.6) is 11.5 Å². The van der Waals surface area contributed by atoms with E-state index in [0.29, 0.717) is 17.9 Å². The van der Waals surface area contributed by atoms with Gasteiger partial charge in [-0.1, -0.05) is 26.3 Å². The van der Waals surface area contributed by atoms with Crippen molar-refractivity contribution in [2.75, 3.05) is 11.9 Å². The van der Waals surface area contributed by atoms with Gasteiger partial charge in [0.1, 0.15) is 11.5 Å². The average Bonchev–Trinajstić information content (AvgIpc) is 2.69. The van der Waals surface area contributed by atoms with Gasteiger partial charge in [0.05, 0.1) is 17.2 Å². The van der Waals surface area contributed by atoms with Gasteiger partial charge in [-0.05, 0) is 78.2 Å². The van der Waals surface area contributed by atoms with E-state index in [1.165, 1.54) is 0 Å². The molecule has 1 unspecified atom stereocenters. The summed E-state index contributed by atoms with van der Waals surface area (Å²) in [5.74, 6) is 1.17. The first kappa shape index (κ1) is 23.2. The van der Waals surface area contributed by atoms with Gasteiger partial charge >= 0.3 is 0 Å². The number of anilines is 1. The van der Waals surface area contributed by atoms with Crippen molar-refractivity contribution in [1.29, 1.82) is 0 Å². The van der Waals surface area contributed by atoms with Crippen molar-refractivity contribution in [1.82, 2.24) is 5.32 Å². The molecule has 156 valence electrons. The lowest BCUT2D eigenvalue weighted by Gasteiger charge is -2.15. The number of hydrogen-bond acceptors (Lipinski definition) is 4. The summed E-state index contributed by atoms with van der Waals surface area (Å²) in [7, 11) is 0. The van der Waals surface area contributed by atoms with Gasteiger partial charge < -0.3 is 14.8 Å². The second-order valence-corrected chi connectivity index (χ2v) is 7.88. The van der Waals surface area contributed by atoms with E-state index in [4.69, 9.17) is 21.7 Å². The normalized spacial score (nSPS) is 11.4. The largest absolute Gasteiger partial charge is 0.492 e. The average molecular weight is 479 g/mol. The predicted octanol–water partition coefficient (Wildman–Crippen LogP) is 5.93. The molecule has 0 spiro atoms. The molecule has 0 saturated heterocycles. The van der Waals surface area contributed by atoms with E-state index in [-0.39, 0.29) is 17.1 Å². The maximum atomic E-state index is 12.5. The number of ether oxygens (including phenoxy) is 2. The first-order chi connectivity index (χ1) is 13.9. The lowest BCUT2D eigenvalue weighted by molar-refractivity contribution is 0.0977. The molecule has 2 aromatic rings. The molecule has 0 fully saturated rings. The summed E-state index contributed by atoms with van der Waals surface area (Å²) in [5.41, 5.74) is 1.23. The van der Waals surface area contributed by atoms with E-state index >= 15 is 0 Å². The molecular formula is C22H27BrN2O3S. The van der Waals surface area contributed by atoms with E-state index < -0.39 is 0 Å². The van der Waals surface area contributed by atoms with Crippen LogP contribution in [0.2, 0.25) is 0 Å². The van der Waals surface area contributed by atoms with Gasteiger partial charge in [-0.15, -0.1) is 0 Å². The standard InChI is InChI=1S/C22H27BrN2O3S/c1-4-6-12-27-20-11-10-16(13-19(20)23)21(26)25-22(29)24-17-8-7-9-18(14-17)28-15(3)5-2/h7-11,13-15H,4-6,12H2,1-3H3,(H2,24,25,26,29). The van der Waals surface area contributed by atoms with Crippen molar-refractivity contribution in [3.05, 3.63) is 52.5 Å². The maximum absolute atomic E-state index is 12.5. The highest BCUT2D eigenvalue weighted by Crippen LogP contribution is 2.26. The number of rotatable bonds is 9. The Kier molecular flexibility index (Phi) is 9.41. The molecule has 0 aliphatic heterocycles. The highest BCUT2D eigenvalue weighted by atomic mass is 79.9. The molecule has 7 heteroatoms. The summed E-state index contributed by atoms with van der Waals surface area (Å²) in [6.07, 6.45) is 3.10. The molecular weight excluding hydrogens is 452 g/mol. The summed E-state index contributed by atoms with van der Waals surface area (Å²) in [4.78, 5) is 12.5. The van der Waals surface area contributed by atoms with Crippen LogP contribution in [0.1, 0.15) is 50.4 Å². The fourth-order valence-electron chi connectivity index (χ4n) is 2.39. The SMILES string of the molecule is CCCCOc1ccc(C(=O)NC(=S)Nc2cccc(OC(C)CC)c2)cc1Br. The van der Waals surface area contributed by atoms with Gasteiger partial charge in [0.15, 0.2) is 5.11 Å². The van der Waals surface area contributed by atoms with Gasteiger partial charge in [-0.25, -0.2) is 0 Å². The Labute approximate surface area is 186 Å². The molecule has 2 aromatic carbocycles. The maximum Gasteiger partial charge on any atom is 0.257 e. The van der Waals surface area contributed by atoms with Crippen molar-refractivity contribution in [3.8, 4) is 11.5 Å². The number of nitrogens with one attached hydrogen (secondary N) is 2. The molecule has 1 amide bonds. The minimum Gasteiger partial charge on any atom is -0.492 e. The summed E-state index contributed by atoms with van der Waals surface area (Å²) in [6, 6.07) is 12.7. The Morgan fingerprint density at radius 3 is 2.69 bits per heavy atom. The van der Waals surface area contributed by atoms with Crippen LogP contribution in [0.3, 0.4) is 0 Å². The van der Waals surface area contributed by atoms with Crippen LogP contribution >= 0.6 is 28.1 Å². The molecule has 0 radical (unpaired) electrons. The number of halogens is 1. The quantitative estimate of drug-likeness (QED) is 0.345. The van der Waals surface area contributed by atoms with E-state index in [1.807, 2.05) is 31.2 Å². The van der Waals surface area contributed by atoms with Gasteiger partial charge in [0, 0.05) is 17.3 Å². The zero-order valence-electron chi connectivity index (χ0n) is 17.0. The third-order valence-corrected chi connectivity index (χ3v) is 5.00. The second kappa shape index (κ2) is 11.8. The number of carbonyl (C=O) groups excluding carboxylic acids is 1. The fourth-order valence-corrected chi connectivity index (χ4v) is 3.09. The summed E-state index contributed by atoms with van der Waals surface area (Å²) < 4.78 is 12.2. The first-order valence-electron chi connectivity index (χ1n) is 9.74. The van der Waals surface area contributed by atoms with E-state index in [9.17, 15) is 4.79 Å². The molecule has 1 atom stereocenters. The van der Waals surface area contributed by atoms with Gasteiger partial charge in [-0.2, -0.15) is 0 Å². The summed E-state index contributed by atoms with van der Waals surface area (Å²) in [5, 5.41) is 5.93. The summed E-state index contributed by atoms with van der Waals surface area (Å²) >= 11 is 8.73. The first-order valence-corrected chi connectivity index (χ1v) is 10.9. The van der Waals surface area contributed by atoms with E-state index in [1.54, 1.807) is 18.2 Å². The molecule has 0 heterocycles. The smallest absolute Gasteiger partial charge is 0.257 e. The second-order valence-electron chi connectivity index (χ2n) is 6.62. The predicted molar refractivity (Wildman–Crippen MR) is 125 cm³/mol. The molecule has 2 rings (SSSR count). The molecule has 5 nitrogen and oxygen atoms in total. The van der Waals surface area contributed by atoms with Crippen LogP contribution < -0.4 is 20.1 Å². The molecule has 2 N–H and O–H groups in total. The van der Waals surface area contributed by atoms with Crippen LogP contribution in [-0.2, 0) is 0 Å². The van der Waals surface area contributed by atoms with Crippen LogP contribution in [0, 0.1) is 0 Å². The number of benzene rings is 2. The number of hydrogen-bond donors (Lipinski definition) is 2. The molecule has 0 aromatic heterocycles. The lowest BCUT2D eigenvalue weighted by atomic mass is 10.2. The zero-order chi connectivity index (χ0) is 21.2. The lowest BCUT2D eigenvalue weighted by Crippen LogP contribution is -2.34. The van der Waals surface area contributed by atoms with Crippen LogP contribution in [0.4, 0.5) is 5.69 Å². The third-order valence-electron chi connectivity index (χ3n) is 4.18. The highest BCUT2D eigenvalue weighted by Gasteiger charge is 2.11. The van der Waals surface area contributed by atoms with Crippen molar-refractivity contribution < 1.29 is 14.3 Å². The minimum atomic E-state index is -0.296. The monoisotopic (exact) mass is 478 g/mol. The number of carbonyl (C=O) groups is 1. The Morgan fingerprint density at radius 2 is 2.00 bits per heavy atom. The topological polar surface area (TPSA) is 59.6 Å². The number of amides is 1. The van der Waals surface area contributed by atoms with Crippen molar-refractivity contribution in [2.45, 2.75) is 46.1 Å². The van der Waals surface area contributed by atoms with E-state index in [2.05, 4.69) is 40.4 Å². The number of unbranched alkanes of at least 4 members (excludes halogenated alkanes) is 1. The molecule has 29 heavy (non-hydrogen) atoms. The summed E-state index contributed by atoms with van der Waals surface area (Å²) in [6.45, 7) is 6.84. The third kappa shape index (κ3) is 7.66. The van der Waals surface area contributed by atoms with Gasteiger partial charge in [0.25, 0.3) is 5.91 Å². The van der Waals surface area contributed by atoms with Crippen LogP contribution in [-0.4, -0.2) is 23.7 Å². The van der Waals surface area contributed by atoms with Gasteiger partial charge in [0.2, 0.25) is 0 Å².